The molecule has 442 valence electrons. The Morgan fingerprint density at radius 1 is 0.608 bits per heavy atom. The van der Waals surface area contributed by atoms with Gasteiger partial charge in [-0.05, 0) is 6.42 Å². The van der Waals surface area contributed by atoms with Crippen molar-refractivity contribution in [1.82, 2.24) is 15.5 Å². The Morgan fingerprint density at radius 3 is 1.41 bits per heavy atom. The molecule has 2 aliphatic rings. The number of carbonyl (C=O) groups is 3. The van der Waals surface area contributed by atoms with E-state index in [1.165, 1.54) is 5.32 Å². The summed E-state index contributed by atoms with van der Waals surface area (Å²) >= 11 is 0. The van der Waals surface area contributed by atoms with E-state index in [9.17, 15) is 173 Å². The van der Waals surface area contributed by atoms with Crippen LogP contribution in [0.2, 0.25) is 0 Å². The van der Waals surface area contributed by atoms with E-state index >= 15 is 0 Å². The summed E-state index contributed by atoms with van der Waals surface area (Å²) in [6, 6.07) is -4.87. The van der Waals surface area contributed by atoms with Crippen LogP contribution in [-0.2, 0) is 42.6 Å². The summed E-state index contributed by atoms with van der Waals surface area (Å²) in [7, 11) is 0. The van der Waals surface area contributed by atoms with Crippen molar-refractivity contribution in [2.75, 3.05) is 19.7 Å². The van der Waals surface area contributed by atoms with Gasteiger partial charge in [-0.1, -0.05) is 0 Å². The van der Waals surface area contributed by atoms with Crippen LogP contribution in [0.5, 0.6) is 80.5 Å². The molecule has 3 amide bonds. The van der Waals surface area contributed by atoms with Crippen LogP contribution in [0.1, 0.15) is 41.5 Å². The quantitative estimate of drug-likeness (QED) is 0.0204. The van der Waals surface area contributed by atoms with Crippen molar-refractivity contribution in [1.29, 1.82) is 0 Å². The van der Waals surface area contributed by atoms with Gasteiger partial charge in [0.05, 0.1) is 12.1 Å². The molecule has 5 atom stereocenters. The van der Waals surface area contributed by atoms with E-state index in [0.29, 0.717) is 0 Å². The number of epoxide rings is 1. The van der Waals surface area contributed by atoms with Crippen molar-refractivity contribution in [2.24, 2.45) is 0 Å². The highest BCUT2D eigenvalue weighted by Crippen LogP contribution is 2.58. The Hall–Kier alpha value is -7.53. The maximum Gasteiger partial charge on any atom is 0.320 e. The molecule has 79 heavy (non-hydrogen) atoms. The van der Waals surface area contributed by atoms with Crippen molar-refractivity contribution in [3.8, 4) is 80.5 Å². The molecule has 5 rings (SSSR count). The number of ether oxygens (including phenoxy) is 3. The Morgan fingerprint density at radius 2 is 1.00 bits per heavy atom. The number of Topliss-reactive ketones (excluding diaryl/α,β-unsaturated/α-hetero) is 1. The maximum absolute atomic E-state index is 14.6. The summed E-state index contributed by atoms with van der Waals surface area (Å²) in [6.45, 7) is -3.09. The highest BCUT2D eigenvalue weighted by Gasteiger charge is 2.73. The molecule has 0 radical (unpaired) electrons. The van der Waals surface area contributed by atoms with Crippen molar-refractivity contribution >= 4 is 17.7 Å². The number of hydrogen-bond donors (Lipinski definition) is 33. The zero-order valence-corrected chi connectivity index (χ0v) is 38.8. The molecule has 33 N–H and O–H groups in total. The summed E-state index contributed by atoms with van der Waals surface area (Å²) in [6.07, 6.45) is -15.1. The van der Waals surface area contributed by atoms with Crippen molar-refractivity contribution < 1.29 is 187 Å². The smallest absolute Gasteiger partial charge is 0.320 e. The number of rotatable bonds is 21. The first kappa shape index (κ1) is 62.3. The lowest BCUT2D eigenvalue weighted by atomic mass is 9.75. The summed E-state index contributed by atoms with van der Waals surface area (Å²) in [5.74, 6) is -61.1. The molecule has 0 aromatic heterocycles. The van der Waals surface area contributed by atoms with Gasteiger partial charge in [-0.3, -0.25) is 14.5 Å². The summed E-state index contributed by atoms with van der Waals surface area (Å²) in [4.78, 5) is 41.9. The predicted molar refractivity (Wildman–Crippen MR) is 228 cm³/mol. The first-order chi connectivity index (χ1) is 35.7. The number of urea groups is 1. The second-order valence-corrected chi connectivity index (χ2v) is 17.5. The zero-order valence-electron chi connectivity index (χ0n) is 38.8. The number of aromatic hydroxyl groups is 13. The van der Waals surface area contributed by atoms with Crippen LogP contribution in [-0.4, -0.2) is 248 Å². The number of aliphatic hydroxyl groups is 18. The monoisotopic (exact) mass is 1150 g/mol. The lowest BCUT2D eigenvalue weighted by Gasteiger charge is -2.45. The van der Waals surface area contributed by atoms with E-state index in [0.717, 1.165) is 0 Å². The van der Waals surface area contributed by atoms with E-state index in [-0.39, 0.29) is 17.9 Å². The zero-order chi connectivity index (χ0) is 60.8. The van der Waals surface area contributed by atoms with E-state index in [4.69, 9.17) is 14.2 Å². The number of nitrogens with one attached hydrogen (secondary N) is 2. The predicted octanol–water partition coefficient (Wildman–Crippen LogP) is -11.9. The molecular weight excluding hydrogens is 1100 g/mol. The molecule has 0 saturated carbocycles. The number of aliphatic hydroxyl groups excluding tert-OH is 1. The number of hydrogen-bond acceptors (Lipinski definition) is 37. The molecule has 0 spiro atoms. The van der Waals surface area contributed by atoms with Crippen LogP contribution in [0.25, 0.3) is 0 Å². The molecule has 5 unspecified atom stereocenters. The maximum atomic E-state index is 14.6. The first-order valence-electron chi connectivity index (χ1n) is 21.2. The average molecular weight is 1150 g/mol. The fraction of sp³-hybridized carbons (Fsp3) is 0.462. The Kier molecular flexibility index (Phi) is 16.0. The van der Waals surface area contributed by atoms with Gasteiger partial charge in [0.1, 0.15) is 34.6 Å². The summed E-state index contributed by atoms with van der Waals surface area (Å²) in [5.41, 5.74) is -16.8. The highest BCUT2D eigenvalue weighted by molar-refractivity contribution is 5.93. The molecule has 2 saturated heterocycles. The van der Waals surface area contributed by atoms with E-state index in [1.54, 1.807) is 0 Å². The first-order valence-corrected chi connectivity index (χ1v) is 21.2. The molecular formula is C39H49N3O37. The number of nitrogens with zero attached hydrogens (tertiary/aromatic N) is 1. The minimum Gasteiger partial charge on any atom is -0.504 e. The molecule has 2 aliphatic heterocycles. The topological polar surface area (TPSA) is 737 Å². The van der Waals surface area contributed by atoms with Gasteiger partial charge in [-0.15, -0.1) is 0 Å². The summed E-state index contributed by atoms with van der Waals surface area (Å²) in [5, 5.41) is 328. The lowest BCUT2D eigenvalue weighted by Crippen LogP contribution is -2.66. The molecule has 0 aliphatic carbocycles. The molecule has 3 aromatic rings. The van der Waals surface area contributed by atoms with Gasteiger partial charge in [0.25, 0.3) is 11.6 Å². The molecule has 0 bridgehead atoms. The van der Waals surface area contributed by atoms with E-state index in [2.05, 4.69) is 5.32 Å². The second kappa shape index (κ2) is 20.3. The molecule has 2 fully saturated rings. The van der Waals surface area contributed by atoms with Gasteiger partial charge in [0.15, 0.2) is 45.9 Å². The lowest BCUT2D eigenvalue weighted by molar-refractivity contribution is -0.461. The van der Waals surface area contributed by atoms with Crippen LogP contribution < -0.4 is 15.4 Å². The van der Waals surface area contributed by atoms with Gasteiger partial charge in [-0.25, -0.2) is 4.79 Å². The number of benzene rings is 3. The number of ketones is 1. The molecule has 40 nitrogen and oxygen atoms in total. The third kappa shape index (κ3) is 10.7. The minimum atomic E-state index is -5.07. The van der Waals surface area contributed by atoms with Crippen LogP contribution in [0.15, 0.2) is 0 Å². The Bertz CT molecular complexity index is 2790. The normalized spacial score (nSPS) is 19.2. The van der Waals surface area contributed by atoms with Gasteiger partial charge in [0.2, 0.25) is 64.2 Å². The van der Waals surface area contributed by atoms with Gasteiger partial charge in [-0.2, -0.15) is 0 Å². The number of phenolic OH excluding ortho intramolecular Hbond substituents is 13. The van der Waals surface area contributed by atoms with E-state index < -0.39 is 218 Å². The Labute approximate surface area is 433 Å². The largest absolute Gasteiger partial charge is 0.504 e. The van der Waals surface area contributed by atoms with E-state index in [1.807, 2.05) is 0 Å². The van der Waals surface area contributed by atoms with Gasteiger partial charge >= 0.3 is 29.9 Å². The Balaban J connectivity index is 1.76. The standard InChI is InChI=1S/C39H49N3O37/c43-7(6-77-27-12(36(65,66)67)18(49)20(51)19(50)13(27)37(68,69)70)5-32(60,35(63,64)11-16(47)23(54)26(57)24(55)17(11)48)9(44)4-8(34(61,62)10-14(45)21(52)25(56)22(53)15(10)46)41-29(58)33(42-3-1-2-40-31(42)59)30(79-33)78-28(38(71,72)73)39(74,75)76/h8-9,28,30,44-57,60-76H,1-6H2,(H,40,59)(H,41,58). The highest BCUT2D eigenvalue weighted by atomic mass is 16.8. The van der Waals surface area contributed by atoms with Crippen molar-refractivity contribution in [2.45, 2.75) is 90.6 Å². The molecule has 2 heterocycles. The van der Waals surface area contributed by atoms with Gasteiger partial charge < -0.3 is 183 Å². The van der Waals surface area contributed by atoms with Gasteiger partial charge in [0, 0.05) is 25.9 Å². The average Bonchev–Trinajstić information content (AvgIpc) is 4.04. The fourth-order valence-electron chi connectivity index (χ4n) is 8.11. The number of phenols is 13. The molecule has 40 heteroatoms. The minimum absolute atomic E-state index is 0.213. The fourth-order valence-corrected chi connectivity index (χ4v) is 8.11. The van der Waals surface area contributed by atoms with Crippen molar-refractivity contribution in [3.63, 3.8) is 0 Å². The van der Waals surface area contributed by atoms with Crippen LogP contribution in [0.3, 0.4) is 0 Å². The molecule has 3 aromatic carbocycles. The SMILES string of the molecule is O=C(COc1c(C(O)(O)O)c(O)c(O)c(O)c1C(O)(O)O)CC(O)(C(O)CC(NC(=O)C1(N2CCCNC2=O)OC1OC(C(O)(O)O)C(O)(O)O)C(O)(O)c1c(O)c(O)c(O)c(O)c1O)C(O)(O)c1c(O)c(O)c(O)c(O)c1O. The van der Waals surface area contributed by atoms with Crippen LogP contribution in [0.4, 0.5) is 4.79 Å². The number of carbonyl (C=O) groups excluding carboxylic acids is 3. The van der Waals surface area contributed by atoms with Crippen molar-refractivity contribution in [3.05, 3.63) is 22.3 Å². The third-order valence-corrected chi connectivity index (χ3v) is 12.1. The summed E-state index contributed by atoms with van der Waals surface area (Å²) < 4.78 is 14.7. The third-order valence-electron chi connectivity index (χ3n) is 12.1. The second-order valence-electron chi connectivity index (χ2n) is 17.5. The van der Waals surface area contributed by atoms with Crippen LogP contribution in [0, 0.1) is 0 Å². The number of amides is 3. The van der Waals surface area contributed by atoms with Crippen LogP contribution >= 0.6 is 0 Å².